The van der Waals surface area contributed by atoms with Crippen molar-refractivity contribution in [3.05, 3.63) is 24.3 Å². The lowest BCUT2D eigenvalue weighted by molar-refractivity contribution is 0.728. The minimum atomic E-state index is 0.816. The molecule has 0 atom stereocenters. The predicted molar refractivity (Wildman–Crippen MR) is 68.3 cm³/mol. The van der Waals surface area contributed by atoms with Crippen LogP contribution in [-0.2, 0) is 0 Å². The molecule has 0 aromatic carbocycles. The third-order valence-corrected chi connectivity index (χ3v) is 1.83. The van der Waals surface area contributed by atoms with Crippen LogP contribution in [0.15, 0.2) is 24.3 Å². The zero-order valence-electron chi connectivity index (χ0n) is 9.84. The van der Waals surface area contributed by atoms with E-state index in [-0.39, 0.29) is 0 Å². The second-order valence-corrected chi connectivity index (χ2v) is 3.24. The highest BCUT2D eigenvalue weighted by molar-refractivity contribution is 5.30. The number of hydrogen-bond acceptors (Lipinski definition) is 0. The molecule has 15 heavy (non-hydrogen) atoms. The highest BCUT2D eigenvalue weighted by Gasteiger charge is 1.80. The van der Waals surface area contributed by atoms with Crippen LogP contribution in [0.4, 0.5) is 0 Å². The van der Waals surface area contributed by atoms with Crippen molar-refractivity contribution in [3.63, 3.8) is 0 Å². The van der Waals surface area contributed by atoms with E-state index >= 15 is 0 Å². The van der Waals surface area contributed by atoms with Crippen molar-refractivity contribution in [2.45, 2.75) is 46.0 Å². The van der Waals surface area contributed by atoms with Crippen LogP contribution in [0.3, 0.4) is 0 Å². The van der Waals surface area contributed by atoms with Crippen LogP contribution in [0.2, 0.25) is 0 Å². The van der Waals surface area contributed by atoms with Gasteiger partial charge in [0.05, 0.1) is 0 Å². The minimum absolute atomic E-state index is 0.816. The number of unbranched alkanes of at least 4 members (excludes halogenated alkanes) is 3. The van der Waals surface area contributed by atoms with Crippen molar-refractivity contribution in [2.24, 2.45) is 0 Å². The monoisotopic (exact) mass is 200 g/mol. The Morgan fingerprint density at radius 3 is 2.67 bits per heavy atom. The van der Waals surface area contributed by atoms with Gasteiger partial charge in [0.1, 0.15) is 0 Å². The molecule has 0 aliphatic carbocycles. The van der Waals surface area contributed by atoms with Crippen LogP contribution in [0.25, 0.3) is 0 Å². The molecule has 0 heterocycles. The Morgan fingerprint density at radius 1 is 1.07 bits per heavy atom. The van der Waals surface area contributed by atoms with E-state index in [4.69, 9.17) is 0 Å². The Kier molecular flexibility index (Phi) is 11.4. The number of hydrogen-bond donors (Lipinski definition) is 0. The lowest BCUT2D eigenvalue weighted by Crippen LogP contribution is -1.70. The Morgan fingerprint density at radius 2 is 1.93 bits per heavy atom. The van der Waals surface area contributed by atoms with E-state index in [9.17, 15) is 0 Å². The van der Waals surface area contributed by atoms with E-state index in [1.165, 1.54) is 25.7 Å². The van der Waals surface area contributed by atoms with Crippen LogP contribution in [0.5, 0.6) is 0 Å². The van der Waals surface area contributed by atoms with Crippen molar-refractivity contribution >= 4 is 0 Å². The van der Waals surface area contributed by atoms with E-state index in [1.807, 2.05) is 13.0 Å². The molecule has 0 heteroatoms. The standard InChI is InChI=1S/C15H20/c1-3-5-7-9-11-13-15-14-12-10-8-6-4-2/h3,5,12,14H,4,6,8,10,15H2,1-2H3/b5-3+,14-12+. The van der Waals surface area contributed by atoms with Gasteiger partial charge in [-0.15, -0.1) is 0 Å². The summed E-state index contributed by atoms with van der Waals surface area (Å²) in [6.45, 7) is 4.17. The second kappa shape index (κ2) is 12.6. The first-order chi connectivity index (χ1) is 7.41. The molecule has 0 aliphatic heterocycles. The molecule has 0 bridgehead atoms. The van der Waals surface area contributed by atoms with E-state index in [2.05, 4.69) is 42.8 Å². The third kappa shape index (κ3) is 12.6. The van der Waals surface area contributed by atoms with Crippen LogP contribution in [-0.4, -0.2) is 0 Å². The zero-order valence-corrected chi connectivity index (χ0v) is 9.84. The molecule has 0 aromatic heterocycles. The molecule has 0 saturated heterocycles. The fourth-order valence-electron chi connectivity index (χ4n) is 1.03. The average Bonchev–Trinajstić information content (AvgIpc) is 2.26. The molecule has 0 aliphatic rings. The summed E-state index contributed by atoms with van der Waals surface area (Å²) in [5.74, 6) is 11.4. The number of allylic oxidation sites excluding steroid dienone is 4. The maximum atomic E-state index is 2.99. The van der Waals surface area contributed by atoms with Crippen molar-refractivity contribution < 1.29 is 0 Å². The molecule has 0 unspecified atom stereocenters. The van der Waals surface area contributed by atoms with Crippen LogP contribution < -0.4 is 0 Å². The quantitative estimate of drug-likeness (QED) is 0.356. The van der Waals surface area contributed by atoms with E-state index in [0.29, 0.717) is 0 Å². The first-order valence-corrected chi connectivity index (χ1v) is 5.66. The van der Waals surface area contributed by atoms with Gasteiger partial charge < -0.3 is 0 Å². The van der Waals surface area contributed by atoms with Gasteiger partial charge in [-0.05, 0) is 37.7 Å². The summed E-state index contributed by atoms with van der Waals surface area (Å²) < 4.78 is 0. The maximum Gasteiger partial charge on any atom is 0.0279 e. The van der Waals surface area contributed by atoms with E-state index in [0.717, 1.165) is 6.42 Å². The van der Waals surface area contributed by atoms with Crippen molar-refractivity contribution in [1.82, 2.24) is 0 Å². The molecule has 0 fully saturated rings. The summed E-state index contributed by atoms with van der Waals surface area (Å²) in [5.41, 5.74) is 0. The normalized spacial score (nSPS) is 9.73. The van der Waals surface area contributed by atoms with Gasteiger partial charge in [0, 0.05) is 6.42 Å². The molecule has 0 spiro atoms. The topological polar surface area (TPSA) is 0 Å². The summed E-state index contributed by atoms with van der Waals surface area (Å²) in [7, 11) is 0. The predicted octanol–water partition coefficient (Wildman–Crippen LogP) is 4.10. The highest BCUT2D eigenvalue weighted by Crippen LogP contribution is 1.99. The summed E-state index contributed by atoms with van der Waals surface area (Å²) >= 11 is 0. The van der Waals surface area contributed by atoms with Gasteiger partial charge in [0.25, 0.3) is 0 Å². The molecule has 0 radical (unpaired) electrons. The first-order valence-electron chi connectivity index (χ1n) is 5.66. The average molecular weight is 200 g/mol. The van der Waals surface area contributed by atoms with Crippen molar-refractivity contribution in [2.75, 3.05) is 0 Å². The summed E-state index contributed by atoms with van der Waals surface area (Å²) in [5, 5.41) is 0. The number of rotatable bonds is 5. The van der Waals surface area contributed by atoms with E-state index < -0.39 is 0 Å². The fourth-order valence-corrected chi connectivity index (χ4v) is 1.03. The Hall–Kier alpha value is -1.40. The Bertz CT molecular complexity index is 296. The van der Waals surface area contributed by atoms with Crippen molar-refractivity contribution in [3.8, 4) is 23.7 Å². The highest BCUT2D eigenvalue weighted by atomic mass is 13.9. The van der Waals surface area contributed by atoms with Gasteiger partial charge in [-0.3, -0.25) is 0 Å². The van der Waals surface area contributed by atoms with Crippen molar-refractivity contribution in [1.29, 1.82) is 0 Å². The molecule has 0 nitrogen and oxygen atoms in total. The van der Waals surface area contributed by atoms with Gasteiger partial charge in [0.2, 0.25) is 0 Å². The minimum Gasteiger partial charge on any atom is -0.0876 e. The fraction of sp³-hybridized carbons (Fsp3) is 0.467. The molecular formula is C15H20. The zero-order chi connectivity index (χ0) is 11.2. The van der Waals surface area contributed by atoms with Gasteiger partial charge in [-0.1, -0.05) is 49.8 Å². The molecule has 0 N–H and O–H groups in total. The van der Waals surface area contributed by atoms with Gasteiger partial charge >= 0.3 is 0 Å². The van der Waals surface area contributed by atoms with Crippen LogP contribution >= 0.6 is 0 Å². The SMILES string of the molecule is C/C=C/C#CC#CC/C=C/CCCCC. The second-order valence-electron chi connectivity index (χ2n) is 3.24. The molecule has 80 valence electrons. The van der Waals surface area contributed by atoms with Gasteiger partial charge in [-0.2, -0.15) is 0 Å². The van der Waals surface area contributed by atoms with Gasteiger partial charge in [-0.25, -0.2) is 0 Å². The third-order valence-electron chi connectivity index (χ3n) is 1.83. The summed E-state index contributed by atoms with van der Waals surface area (Å²) in [4.78, 5) is 0. The van der Waals surface area contributed by atoms with E-state index in [1.54, 1.807) is 6.08 Å². The molecule has 0 rings (SSSR count). The summed E-state index contributed by atoms with van der Waals surface area (Å²) in [6.07, 6.45) is 13.9. The smallest absolute Gasteiger partial charge is 0.0279 e. The molecule has 0 amide bonds. The largest absolute Gasteiger partial charge is 0.0876 e. The molecular weight excluding hydrogens is 180 g/mol. The Labute approximate surface area is 94.5 Å². The molecule has 0 saturated carbocycles. The maximum absolute atomic E-state index is 2.99. The lowest BCUT2D eigenvalue weighted by atomic mass is 10.2. The summed E-state index contributed by atoms with van der Waals surface area (Å²) in [6, 6.07) is 0. The van der Waals surface area contributed by atoms with Gasteiger partial charge in [0.15, 0.2) is 0 Å². The lowest BCUT2D eigenvalue weighted by Gasteiger charge is -1.89. The van der Waals surface area contributed by atoms with Crippen LogP contribution in [0, 0.1) is 23.7 Å². The first kappa shape index (κ1) is 13.6. The van der Waals surface area contributed by atoms with Crippen LogP contribution in [0.1, 0.15) is 46.0 Å². The molecule has 0 aromatic rings. The Balaban J connectivity index is 3.48.